The van der Waals surface area contributed by atoms with E-state index < -0.39 is 10.8 Å². The van der Waals surface area contributed by atoms with Crippen LogP contribution in [-0.4, -0.2) is 22.3 Å². The second kappa shape index (κ2) is 5.87. The SMILES string of the molecule is Cc1cc(OCC2CCS(=O)CC2)cc(C)c1C. The van der Waals surface area contributed by atoms with E-state index in [0.29, 0.717) is 5.92 Å². The van der Waals surface area contributed by atoms with Crippen LogP contribution in [0.15, 0.2) is 12.1 Å². The molecular formula is C15H22O2S. The average molecular weight is 266 g/mol. The fourth-order valence-corrected chi connectivity index (χ4v) is 3.70. The Bertz CT molecular complexity index is 421. The number of aryl methyl sites for hydroxylation is 2. The van der Waals surface area contributed by atoms with E-state index in [2.05, 4.69) is 32.9 Å². The monoisotopic (exact) mass is 266 g/mol. The van der Waals surface area contributed by atoms with Crippen LogP contribution in [0.4, 0.5) is 0 Å². The number of rotatable bonds is 3. The highest BCUT2D eigenvalue weighted by molar-refractivity contribution is 7.85. The average Bonchev–Trinajstić information content (AvgIpc) is 2.35. The van der Waals surface area contributed by atoms with E-state index in [1.54, 1.807) is 0 Å². The van der Waals surface area contributed by atoms with Gasteiger partial charge < -0.3 is 4.74 Å². The number of hydrogen-bond donors (Lipinski definition) is 0. The molecule has 0 saturated carbocycles. The van der Waals surface area contributed by atoms with Crippen LogP contribution in [0.3, 0.4) is 0 Å². The molecule has 1 aliphatic rings. The van der Waals surface area contributed by atoms with Gasteiger partial charge in [0.05, 0.1) is 6.61 Å². The van der Waals surface area contributed by atoms with Crippen molar-refractivity contribution < 1.29 is 8.95 Å². The second-order valence-corrected chi connectivity index (χ2v) is 6.98. The van der Waals surface area contributed by atoms with Crippen LogP contribution >= 0.6 is 0 Å². The Kier molecular flexibility index (Phi) is 4.44. The van der Waals surface area contributed by atoms with Gasteiger partial charge in [0.2, 0.25) is 0 Å². The summed E-state index contributed by atoms with van der Waals surface area (Å²) in [6.07, 6.45) is 2.08. The van der Waals surface area contributed by atoms with Gasteiger partial charge in [-0.2, -0.15) is 0 Å². The molecule has 2 rings (SSSR count). The smallest absolute Gasteiger partial charge is 0.119 e. The molecule has 1 aromatic carbocycles. The van der Waals surface area contributed by atoms with Gasteiger partial charge >= 0.3 is 0 Å². The normalized spacial score (nSPS) is 23.9. The van der Waals surface area contributed by atoms with Crippen LogP contribution in [0.25, 0.3) is 0 Å². The molecule has 18 heavy (non-hydrogen) atoms. The first-order valence-corrected chi connectivity index (χ1v) is 8.10. The van der Waals surface area contributed by atoms with Crippen molar-refractivity contribution in [3.8, 4) is 5.75 Å². The van der Waals surface area contributed by atoms with Crippen molar-refractivity contribution in [1.82, 2.24) is 0 Å². The standard InChI is InChI=1S/C15H22O2S/c1-11-8-15(9-12(2)13(11)3)17-10-14-4-6-18(16)7-5-14/h8-9,14H,4-7,10H2,1-3H3. The van der Waals surface area contributed by atoms with E-state index in [1.165, 1.54) is 16.7 Å². The lowest BCUT2D eigenvalue weighted by Crippen LogP contribution is -2.23. The fourth-order valence-electron chi connectivity index (χ4n) is 2.30. The number of hydrogen-bond acceptors (Lipinski definition) is 2. The molecule has 0 bridgehead atoms. The number of benzene rings is 1. The third-order valence-electron chi connectivity index (χ3n) is 3.89. The third kappa shape index (κ3) is 3.35. The van der Waals surface area contributed by atoms with Gasteiger partial charge in [0.1, 0.15) is 5.75 Å². The minimum atomic E-state index is -0.575. The topological polar surface area (TPSA) is 26.3 Å². The Morgan fingerprint density at radius 2 is 1.72 bits per heavy atom. The van der Waals surface area contributed by atoms with Crippen LogP contribution in [0.5, 0.6) is 5.75 Å². The Morgan fingerprint density at radius 1 is 1.17 bits per heavy atom. The minimum Gasteiger partial charge on any atom is -0.493 e. The van der Waals surface area contributed by atoms with Crippen LogP contribution in [-0.2, 0) is 10.8 Å². The van der Waals surface area contributed by atoms with E-state index >= 15 is 0 Å². The molecule has 0 spiro atoms. The maximum atomic E-state index is 11.3. The van der Waals surface area contributed by atoms with Crippen molar-refractivity contribution in [2.45, 2.75) is 33.6 Å². The zero-order chi connectivity index (χ0) is 13.1. The Labute approximate surface area is 112 Å². The quantitative estimate of drug-likeness (QED) is 0.840. The molecule has 0 unspecified atom stereocenters. The van der Waals surface area contributed by atoms with Crippen LogP contribution in [0.2, 0.25) is 0 Å². The molecule has 0 N–H and O–H groups in total. The first-order valence-electron chi connectivity index (χ1n) is 6.62. The Balaban J connectivity index is 1.92. The van der Waals surface area contributed by atoms with Crippen molar-refractivity contribution in [2.24, 2.45) is 5.92 Å². The van der Waals surface area contributed by atoms with Gasteiger partial charge in [0, 0.05) is 22.3 Å². The Morgan fingerprint density at radius 3 is 2.28 bits per heavy atom. The molecule has 3 heteroatoms. The molecule has 2 nitrogen and oxygen atoms in total. The van der Waals surface area contributed by atoms with E-state index in [4.69, 9.17) is 4.74 Å². The summed E-state index contributed by atoms with van der Waals surface area (Å²) in [5, 5.41) is 0. The van der Waals surface area contributed by atoms with Crippen molar-refractivity contribution in [1.29, 1.82) is 0 Å². The van der Waals surface area contributed by atoms with Crippen LogP contribution in [0, 0.1) is 26.7 Å². The zero-order valence-corrected chi connectivity index (χ0v) is 12.3. The summed E-state index contributed by atoms with van der Waals surface area (Å²) in [7, 11) is -0.575. The van der Waals surface area contributed by atoms with Crippen molar-refractivity contribution >= 4 is 10.8 Å². The summed E-state index contributed by atoms with van der Waals surface area (Å²) >= 11 is 0. The summed E-state index contributed by atoms with van der Waals surface area (Å²) in [5.74, 6) is 3.24. The molecule has 100 valence electrons. The van der Waals surface area contributed by atoms with Crippen molar-refractivity contribution in [2.75, 3.05) is 18.1 Å². The summed E-state index contributed by atoms with van der Waals surface area (Å²) in [5.41, 5.74) is 3.92. The molecule has 0 aromatic heterocycles. The van der Waals surface area contributed by atoms with Crippen LogP contribution in [0.1, 0.15) is 29.5 Å². The second-order valence-electron chi connectivity index (χ2n) is 5.28. The molecule has 0 aliphatic carbocycles. The molecular weight excluding hydrogens is 244 g/mol. The lowest BCUT2D eigenvalue weighted by atomic mass is 10.0. The van der Waals surface area contributed by atoms with E-state index in [-0.39, 0.29) is 0 Å². The highest BCUT2D eigenvalue weighted by Crippen LogP contribution is 2.23. The molecule has 0 atom stereocenters. The van der Waals surface area contributed by atoms with Crippen molar-refractivity contribution in [3.05, 3.63) is 28.8 Å². The van der Waals surface area contributed by atoms with Crippen LogP contribution < -0.4 is 4.74 Å². The maximum Gasteiger partial charge on any atom is 0.119 e. The van der Waals surface area contributed by atoms with Gasteiger partial charge in [0.15, 0.2) is 0 Å². The number of ether oxygens (including phenoxy) is 1. The lowest BCUT2D eigenvalue weighted by molar-refractivity contribution is 0.239. The van der Waals surface area contributed by atoms with E-state index in [9.17, 15) is 4.21 Å². The molecule has 1 aromatic rings. The van der Waals surface area contributed by atoms with Gasteiger partial charge in [-0.25, -0.2) is 0 Å². The summed E-state index contributed by atoms with van der Waals surface area (Å²) in [6, 6.07) is 4.23. The first-order chi connectivity index (χ1) is 8.56. The third-order valence-corrected chi connectivity index (χ3v) is 5.28. The lowest BCUT2D eigenvalue weighted by Gasteiger charge is -2.22. The minimum absolute atomic E-state index is 0.574. The van der Waals surface area contributed by atoms with E-state index in [0.717, 1.165) is 36.7 Å². The van der Waals surface area contributed by atoms with Gasteiger partial charge in [-0.15, -0.1) is 0 Å². The predicted molar refractivity (Wildman–Crippen MR) is 76.7 cm³/mol. The predicted octanol–water partition coefficient (Wildman–Crippen LogP) is 3.15. The van der Waals surface area contributed by atoms with Gasteiger partial charge in [-0.3, -0.25) is 4.21 Å². The van der Waals surface area contributed by atoms with Crippen molar-refractivity contribution in [3.63, 3.8) is 0 Å². The molecule has 1 saturated heterocycles. The maximum absolute atomic E-state index is 11.3. The molecule has 0 amide bonds. The fraction of sp³-hybridized carbons (Fsp3) is 0.600. The summed E-state index contributed by atoms with van der Waals surface area (Å²) in [6.45, 7) is 7.15. The summed E-state index contributed by atoms with van der Waals surface area (Å²) in [4.78, 5) is 0. The first kappa shape index (κ1) is 13.6. The molecule has 0 radical (unpaired) electrons. The highest BCUT2D eigenvalue weighted by atomic mass is 32.2. The zero-order valence-electron chi connectivity index (χ0n) is 11.5. The van der Waals surface area contributed by atoms with Gasteiger partial charge in [-0.1, -0.05) is 0 Å². The molecule has 1 heterocycles. The molecule has 1 aliphatic heterocycles. The largest absolute Gasteiger partial charge is 0.493 e. The van der Waals surface area contributed by atoms with E-state index in [1.807, 2.05) is 0 Å². The Hall–Kier alpha value is -0.830. The molecule has 1 fully saturated rings. The highest BCUT2D eigenvalue weighted by Gasteiger charge is 2.18. The van der Waals surface area contributed by atoms with Gasteiger partial charge in [-0.05, 0) is 68.4 Å². The van der Waals surface area contributed by atoms with Gasteiger partial charge in [0.25, 0.3) is 0 Å². The summed E-state index contributed by atoms with van der Waals surface area (Å²) < 4.78 is 17.2.